The molecule has 8 heteroatoms. The number of aromatic nitrogens is 1. The zero-order chi connectivity index (χ0) is 15.5. The van der Waals surface area contributed by atoms with Crippen molar-refractivity contribution in [1.29, 1.82) is 0 Å². The fourth-order valence-corrected chi connectivity index (χ4v) is 2.04. The lowest BCUT2D eigenvalue weighted by atomic mass is 10.2. The number of nitrogens with one attached hydrogen (secondary N) is 2. The van der Waals surface area contributed by atoms with Gasteiger partial charge in [-0.2, -0.15) is 0 Å². The maximum atomic E-state index is 11.9. The SMILES string of the molecule is O=C(NNc1cc(C(Cl)(Cl)Cl)cc(Cl)n1)c1ccccc1. The third kappa shape index (κ3) is 4.64. The van der Waals surface area contributed by atoms with E-state index in [1.165, 1.54) is 12.1 Å². The number of alkyl halides is 3. The molecule has 2 rings (SSSR count). The fourth-order valence-electron chi connectivity index (χ4n) is 1.51. The Hall–Kier alpha value is -1.20. The lowest BCUT2D eigenvalue weighted by molar-refractivity contribution is 0.0962. The zero-order valence-corrected chi connectivity index (χ0v) is 13.4. The quantitative estimate of drug-likeness (QED) is 0.484. The van der Waals surface area contributed by atoms with Crippen LogP contribution in [0.25, 0.3) is 0 Å². The van der Waals surface area contributed by atoms with Crippen molar-refractivity contribution in [2.75, 3.05) is 5.43 Å². The Labute approximate surface area is 141 Å². The number of benzene rings is 1. The first-order valence-corrected chi connectivity index (χ1v) is 7.23. The topological polar surface area (TPSA) is 54.0 Å². The number of hydrogen-bond acceptors (Lipinski definition) is 3. The average molecular weight is 365 g/mol. The van der Waals surface area contributed by atoms with Gasteiger partial charge in [-0.3, -0.25) is 15.6 Å². The van der Waals surface area contributed by atoms with E-state index in [1.807, 2.05) is 6.07 Å². The molecule has 2 N–H and O–H groups in total. The van der Waals surface area contributed by atoms with Gasteiger partial charge in [0.15, 0.2) is 0 Å². The summed E-state index contributed by atoms with van der Waals surface area (Å²) in [5.74, 6) is -0.0686. The minimum absolute atomic E-state index is 0.135. The molecule has 1 heterocycles. The predicted octanol–water partition coefficient (Wildman–Crippen LogP) is 4.32. The van der Waals surface area contributed by atoms with Crippen LogP contribution in [0, 0.1) is 0 Å². The lowest BCUT2D eigenvalue weighted by Gasteiger charge is -2.14. The number of anilines is 1. The van der Waals surface area contributed by atoms with Crippen molar-refractivity contribution >= 4 is 58.1 Å². The van der Waals surface area contributed by atoms with E-state index < -0.39 is 3.79 Å². The highest BCUT2D eigenvalue weighted by atomic mass is 35.6. The number of rotatable bonds is 3. The smallest absolute Gasteiger partial charge is 0.269 e. The molecule has 2 aromatic rings. The molecule has 0 fully saturated rings. The van der Waals surface area contributed by atoms with E-state index in [1.54, 1.807) is 24.3 Å². The molecule has 0 atom stereocenters. The van der Waals surface area contributed by atoms with Gasteiger partial charge in [0.25, 0.3) is 5.91 Å². The van der Waals surface area contributed by atoms with Gasteiger partial charge in [0.2, 0.25) is 3.79 Å². The summed E-state index contributed by atoms with van der Waals surface area (Å²) in [5, 5.41) is 0.135. The highest BCUT2D eigenvalue weighted by Gasteiger charge is 2.24. The van der Waals surface area contributed by atoms with Gasteiger partial charge in [-0.05, 0) is 24.3 Å². The second-order valence-electron chi connectivity index (χ2n) is 4.01. The average Bonchev–Trinajstić information content (AvgIpc) is 2.44. The summed E-state index contributed by atoms with van der Waals surface area (Å²) in [6.45, 7) is 0. The van der Waals surface area contributed by atoms with Crippen LogP contribution < -0.4 is 10.9 Å². The summed E-state index contributed by atoms with van der Waals surface area (Å²) in [6, 6.07) is 11.6. The Morgan fingerprint density at radius 1 is 1.10 bits per heavy atom. The first-order valence-electron chi connectivity index (χ1n) is 5.72. The maximum Gasteiger partial charge on any atom is 0.269 e. The standard InChI is InChI=1S/C13H9Cl4N3O/c14-10-6-9(13(15,16)17)7-11(18-10)19-20-12(21)8-4-2-1-3-5-8/h1-7H,(H,18,19)(H,20,21). The molecule has 21 heavy (non-hydrogen) atoms. The lowest BCUT2D eigenvalue weighted by Crippen LogP contribution is -2.29. The van der Waals surface area contributed by atoms with Crippen LogP contribution in [0.4, 0.5) is 5.82 Å². The molecular formula is C13H9Cl4N3O. The van der Waals surface area contributed by atoms with E-state index in [9.17, 15) is 4.79 Å². The van der Waals surface area contributed by atoms with E-state index in [-0.39, 0.29) is 16.9 Å². The van der Waals surface area contributed by atoms with Gasteiger partial charge in [-0.15, -0.1) is 0 Å². The minimum Gasteiger partial charge on any atom is -0.282 e. The number of nitrogens with zero attached hydrogens (tertiary/aromatic N) is 1. The number of amides is 1. The first-order chi connectivity index (χ1) is 9.86. The van der Waals surface area contributed by atoms with E-state index in [4.69, 9.17) is 46.4 Å². The molecule has 0 saturated carbocycles. The van der Waals surface area contributed by atoms with Crippen molar-refractivity contribution in [3.8, 4) is 0 Å². The molecular weight excluding hydrogens is 356 g/mol. The Morgan fingerprint density at radius 3 is 2.38 bits per heavy atom. The normalized spacial score (nSPS) is 11.0. The molecule has 0 saturated heterocycles. The number of halogens is 4. The summed E-state index contributed by atoms with van der Waals surface area (Å²) in [4.78, 5) is 15.8. The van der Waals surface area contributed by atoms with Crippen LogP contribution >= 0.6 is 46.4 Å². The van der Waals surface area contributed by atoms with Crippen LogP contribution in [0.1, 0.15) is 15.9 Å². The summed E-state index contributed by atoms with van der Waals surface area (Å²) in [7, 11) is 0. The minimum atomic E-state index is -1.63. The summed E-state index contributed by atoms with van der Waals surface area (Å²) in [5.41, 5.74) is 5.94. The van der Waals surface area contributed by atoms with Crippen LogP contribution in [-0.2, 0) is 3.79 Å². The molecule has 0 bridgehead atoms. The van der Waals surface area contributed by atoms with Crippen molar-refractivity contribution < 1.29 is 4.79 Å². The van der Waals surface area contributed by atoms with Gasteiger partial charge in [0.05, 0.1) is 0 Å². The Balaban J connectivity index is 2.10. The monoisotopic (exact) mass is 363 g/mol. The van der Waals surface area contributed by atoms with Gasteiger partial charge in [-0.1, -0.05) is 64.6 Å². The van der Waals surface area contributed by atoms with Crippen LogP contribution in [-0.4, -0.2) is 10.9 Å². The highest BCUT2D eigenvalue weighted by molar-refractivity contribution is 6.66. The predicted molar refractivity (Wildman–Crippen MR) is 86.0 cm³/mol. The van der Waals surface area contributed by atoms with Crippen LogP contribution in [0.2, 0.25) is 5.15 Å². The van der Waals surface area contributed by atoms with Gasteiger partial charge in [-0.25, -0.2) is 4.98 Å². The number of hydrazine groups is 1. The van der Waals surface area contributed by atoms with Gasteiger partial charge in [0.1, 0.15) is 11.0 Å². The molecule has 0 radical (unpaired) electrons. The van der Waals surface area contributed by atoms with Crippen molar-refractivity contribution in [3.63, 3.8) is 0 Å². The van der Waals surface area contributed by atoms with Crippen molar-refractivity contribution in [2.24, 2.45) is 0 Å². The second kappa shape index (κ2) is 6.71. The third-order valence-electron chi connectivity index (χ3n) is 2.46. The van der Waals surface area contributed by atoms with Gasteiger partial charge in [0, 0.05) is 11.1 Å². The van der Waals surface area contributed by atoms with E-state index in [0.717, 1.165) is 0 Å². The first kappa shape index (κ1) is 16.2. The molecule has 4 nitrogen and oxygen atoms in total. The fraction of sp³-hybridized carbons (Fsp3) is 0.0769. The molecule has 110 valence electrons. The highest BCUT2D eigenvalue weighted by Crippen LogP contribution is 2.39. The van der Waals surface area contributed by atoms with Gasteiger partial charge < -0.3 is 0 Å². The van der Waals surface area contributed by atoms with Crippen LogP contribution in [0.15, 0.2) is 42.5 Å². The van der Waals surface area contributed by atoms with E-state index in [2.05, 4.69) is 15.8 Å². The summed E-state index contributed by atoms with van der Waals surface area (Å²) in [6.07, 6.45) is 0. The third-order valence-corrected chi connectivity index (χ3v) is 3.31. The number of hydrogen-bond donors (Lipinski definition) is 2. The molecule has 1 aromatic carbocycles. The Morgan fingerprint density at radius 2 is 1.76 bits per heavy atom. The van der Waals surface area contributed by atoms with Crippen molar-refractivity contribution in [2.45, 2.75) is 3.79 Å². The second-order valence-corrected chi connectivity index (χ2v) is 6.68. The molecule has 0 spiro atoms. The van der Waals surface area contributed by atoms with E-state index in [0.29, 0.717) is 11.1 Å². The molecule has 0 aliphatic heterocycles. The van der Waals surface area contributed by atoms with Crippen molar-refractivity contribution in [3.05, 3.63) is 58.7 Å². The summed E-state index contributed by atoms with van der Waals surface area (Å²) < 4.78 is -1.63. The zero-order valence-electron chi connectivity index (χ0n) is 10.4. The number of carbonyl (C=O) groups excluding carboxylic acids is 1. The van der Waals surface area contributed by atoms with Crippen LogP contribution in [0.5, 0.6) is 0 Å². The summed E-state index contributed by atoms with van der Waals surface area (Å²) >= 11 is 23.2. The Bertz CT molecular complexity index is 644. The molecule has 1 amide bonds. The van der Waals surface area contributed by atoms with Gasteiger partial charge >= 0.3 is 0 Å². The molecule has 0 unspecified atom stereocenters. The Kier molecular flexibility index (Phi) is 5.17. The van der Waals surface area contributed by atoms with Crippen molar-refractivity contribution in [1.82, 2.24) is 10.4 Å². The molecule has 0 aliphatic carbocycles. The van der Waals surface area contributed by atoms with Crippen LogP contribution in [0.3, 0.4) is 0 Å². The number of carbonyl (C=O) groups is 1. The van der Waals surface area contributed by atoms with E-state index >= 15 is 0 Å². The molecule has 1 aromatic heterocycles. The largest absolute Gasteiger partial charge is 0.282 e. The number of pyridine rings is 1. The maximum absolute atomic E-state index is 11.9. The molecule has 0 aliphatic rings.